The Morgan fingerprint density at radius 1 is 1.06 bits per heavy atom. The molecule has 2 rings (SSSR count). The van der Waals surface area contributed by atoms with E-state index in [1.165, 1.54) is 45.1 Å². The van der Waals surface area contributed by atoms with Gasteiger partial charge in [-0.15, -0.1) is 0 Å². The monoisotopic (exact) mass is 224 g/mol. The molecule has 0 aromatic carbocycles. The van der Waals surface area contributed by atoms with Gasteiger partial charge in [0.25, 0.3) is 0 Å². The van der Waals surface area contributed by atoms with Gasteiger partial charge in [-0.2, -0.15) is 0 Å². The van der Waals surface area contributed by atoms with Gasteiger partial charge in [0.1, 0.15) is 0 Å². The molecule has 2 saturated carbocycles. The minimum absolute atomic E-state index is 0.444. The first kappa shape index (κ1) is 12.4. The normalized spacial score (nSPS) is 24.6. The SMILES string of the molecule is CC(C)CN(CC(N)C1CC1)C1CCCC1. The summed E-state index contributed by atoms with van der Waals surface area (Å²) in [5, 5.41) is 0. The van der Waals surface area contributed by atoms with Crippen LogP contribution in [0.1, 0.15) is 52.4 Å². The molecule has 0 aromatic heterocycles. The highest BCUT2D eigenvalue weighted by Gasteiger charge is 2.32. The Morgan fingerprint density at radius 3 is 2.19 bits per heavy atom. The lowest BCUT2D eigenvalue weighted by Gasteiger charge is -2.32. The van der Waals surface area contributed by atoms with Gasteiger partial charge < -0.3 is 5.73 Å². The Hall–Kier alpha value is -0.0800. The van der Waals surface area contributed by atoms with Gasteiger partial charge in [0, 0.05) is 25.2 Å². The maximum Gasteiger partial charge on any atom is 0.0196 e. The smallest absolute Gasteiger partial charge is 0.0196 e. The van der Waals surface area contributed by atoms with E-state index in [1.54, 1.807) is 0 Å². The van der Waals surface area contributed by atoms with Crippen LogP contribution in [0.2, 0.25) is 0 Å². The number of hydrogen-bond acceptors (Lipinski definition) is 2. The van der Waals surface area contributed by atoms with E-state index in [2.05, 4.69) is 18.7 Å². The van der Waals surface area contributed by atoms with Gasteiger partial charge in [-0.25, -0.2) is 0 Å². The van der Waals surface area contributed by atoms with Gasteiger partial charge in [-0.05, 0) is 37.5 Å². The minimum Gasteiger partial charge on any atom is -0.326 e. The highest BCUT2D eigenvalue weighted by molar-refractivity contribution is 4.88. The summed E-state index contributed by atoms with van der Waals surface area (Å²) < 4.78 is 0. The second-order valence-electron chi connectivity index (χ2n) is 6.29. The maximum absolute atomic E-state index is 6.28. The lowest BCUT2D eigenvalue weighted by Crippen LogP contribution is -2.45. The highest BCUT2D eigenvalue weighted by Crippen LogP contribution is 2.33. The third-order valence-electron chi connectivity index (χ3n) is 4.11. The minimum atomic E-state index is 0.444. The van der Waals surface area contributed by atoms with Crippen molar-refractivity contribution in [3.63, 3.8) is 0 Å². The molecule has 0 spiro atoms. The van der Waals surface area contributed by atoms with Crippen molar-refractivity contribution in [2.24, 2.45) is 17.6 Å². The predicted octanol–water partition coefficient (Wildman–Crippen LogP) is 2.62. The largest absolute Gasteiger partial charge is 0.326 e. The van der Waals surface area contributed by atoms with Crippen molar-refractivity contribution in [3.8, 4) is 0 Å². The van der Waals surface area contributed by atoms with Crippen molar-refractivity contribution in [2.75, 3.05) is 13.1 Å². The topological polar surface area (TPSA) is 29.3 Å². The number of rotatable bonds is 6. The lowest BCUT2D eigenvalue weighted by molar-refractivity contribution is 0.162. The molecule has 2 aliphatic carbocycles. The van der Waals surface area contributed by atoms with Crippen LogP contribution < -0.4 is 5.73 Å². The molecule has 0 aromatic rings. The van der Waals surface area contributed by atoms with E-state index < -0.39 is 0 Å². The van der Waals surface area contributed by atoms with Crippen LogP contribution in [0, 0.1) is 11.8 Å². The molecule has 16 heavy (non-hydrogen) atoms. The molecule has 2 heteroatoms. The second kappa shape index (κ2) is 5.50. The predicted molar refractivity (Wildman–Crippen MR) is 69.4 cm³/mol. The molecule has 2 nitrogen and oxygen atoms in total. The zero-order valence-corrected chi connectivity index (χ0v) is 11.0. The summed E-state index contributed by atoms with van der Waals surface area (Å²) in [5.74, 6) is 1.61. The first-order valence-electron chi connectivity index (χ1n) is 7.16. The summed E-state index contributed by atoms with van der Waals surface area (Å²) in [6, 6.07) is 1.28. The van der Waals surface area contributed by atoms with Gasteiger partial charge in [-0.3, -0.25) is 4.90 Å². The standard InChI is InChI=1S/C14H28N2/c1-11(2)9-16(13-5-3-4-6-13)10-14(15)12-7-8-12/h11-14H,3-10,15H2,1-2H3. The zero-order valence-electron chi connectivity index (χ0n) is 11.0. The number of nitrogens with two attached hydrogens (primary N) is 1. The molecule has 94 valence electrons. The van der Waals surface area contributed by atoms with Gasteiger partial charge in [0.2, 0.25) is 0 Å². The van der Waals surface area contributed by atoms with Crippen LogP contribution in [0.5, 0.6) is 0 Å². The van der Waals surface area contributed by atoms with Crippen LogP contribution >= 0.6 is 0 Å². The highest BCUT2D eigenvalue weighted by atomic mass is 15.2. The second-order valence-corrected chi connectivity index (χ2v) is 6.29. The summed E-state index contributed by atoms with van der Waals surface area (Å²) >= 11 is 0. The molecule has 2 aliphatic rings. The van der Waals surface area contributed by atoms with Gasteiger partial charge >= 0.3 is 0 Å². The molecule has 0 saturated heterocycles. The molecule has 0 amide bonds. The van der Waals surface area contributed by atoms with Crippen LogP contribution in [0.25, 0.3) is 0 Å². The fourth-order valence-electron chi connectivity index (χ4n) is 3.06. The first-order valence-corrected chi connectivity index (χ1v) is 7.16. The third kappa shape index (κ3) is 3.46. The van der Waals surface area contributed by atoms with Crippen LogP contribution in [-0.2, 0) is 0 Å². The van der Waals surface area contributed by atoms with E-state index in [4.69, 9.17) is 5.73 Å². The fraction of sp³-hybridized carbons (Fsp3) is 1.00. The third-order valence-corrected chi connectivity index (χ3v) is 4.11. The Kier molecular flexibility index (Phi) is 4.26. The quantitative estimate of drug-likeness (QED) is 0.751. The summed E-state index contributed by atoms with van der Waals surface area (Å²) in [6.45, 7) is 7.04. The van der Waals surface area contributed by atoms with E-state index in [1.807, 2.05) is 0 Å². The van der Waals surface area contributed by atoms with Gasteiger partial charge in [0.05, 0.1) is 0 Å². The first-order chi connectivity index (χ1) is 7.66. The molecule has 0 radical (unpaired) electrons. The molecular weight excluding hydrogens is 196 g/mol. The van der Waals surface area contributed by atoms with E-state index in [-0.39, 0.29) is 0 Å². The van der Waals surface area contributed by atoms with E-state index in [0.717, 1.165) is 24.4 Å². The molecule has 0 bridgehead atoms. The number of hydrogen-bond donors (Lipinski definition) is 1. The molecule has 0 aliphatic heterocycles. The van der Waals surface area contributed by atoms with Crippen molar-refractivity contribution in [1.82, 2.24) is 4.90 Å². The van der Waals surface area contributed by atoms with Crippen LogP contribution in [0.3, 0.4) is 0 Å². The van der Waals surface area contributed by atoms with Crippen LogP contribution in [-0.4, -0.2) is 30.1 Å². The van der Waals surface area contributed by atoms with Crippen LogP contribution in [0.4, 0.5) is 0 Å². The van der Waals surface area contributed by atoms with Crippen molar-refractivity contribution >= 4 is 0 Å². The summed E-state index contributed by atoms with van der Waals surface area (Å²) in [5.41, 5.74) is 6.28. The van der Waals surface area contributed by atoms with Crippen LogP contribution in [0.15, 0.2) is 0 Å². The fourth-order valence-corrected chi connectivity index (χ4v) is 3.06. The van der Waals surface area contributed by atoms with Crippen molar-refractivity contribution in [1.29, 1.82) is 0 Å². The van der Waals surface area contributed by atoms with Crippen molar-refractivity contribution in [2.45, 2.75) is 64.5 Å². The van der Waals surface area contributed by atoms with Crippen molar-refractivity contribution in [3.05, 3.63) is 0 Å². The van der Waals surface area contributed by atoms with E-state index in [0.29, 0.717) is 6.04 Å². The lowest BCUT2D eigenvalue weighted by atomic mass is 10.1. The summed E-state index contributed by atoms with van der Waals surface area (Å²) in [4.78, 5) is 2.70. The Morgan fingerprint density at radius 2 is 1.69 bits per heavy atom. The molecule has 1 unspecified atom stereocenters. The maximum atomic E-state index is 6.28. The molecule has 2 N–H and O–H groups in total. The van der Waals surface area contributed by atoms with E-state index >= 15 is 0 Å². The average Bonchev–Trinajstić information content (AvgIpc) is 2.92. The molecular formula is C14H28N2. The Bertz CT molecular complexity index is 205. The molecule has 0 heterocycles. The summed E-state index contributed by atoms with van der Waals surface area (Å²) in [6.07, 6.45) is 8.42. The summed E-state index contributed by atoms with van der Waals surface area (Å²) in [7, 11) is 0. The average molecular weight is 224 g/mol. The Balaban J connectivity index is 1.84. The van der Waals surface area contributed by atoms with Gasteiger partial charge in [0.15, 0.2) is 0 Å². The van der Waals surface area contributed by atoms with E-state index in [9.17, 15) is 0 Å². The van der Waals surface area contributed by atoms with Gasteiger partial charge in [-0.1, -0.05) is 26.7 Å². The molecule has 1 atom stereocenters. The number of nitrogens with zero attached hydrogens (tertiary/aromatic N) is 1. The molecule has 2 fully saturated rings. The zero-order chi connectivity index (χ0) is 11.5. The Labute approximate surface area is 101 Å². The van der Waals surface area contributed by atoms with Crippen molar-refractivity contribution < 1.29 is 0 Å².